The van der Waals surface area contributed by atoms with E-state index in [9.17, 15) is 9.59 Å². The fourth-order valence-electron chi connectivity index (χ4n) is 4.62. The second-order valence-corrected chi connectivity index (χ2v) is 9.48. The number of rotatable bonds is 3. The lowest BCUT2D eigenvalue weighted by Crippen LogP contribution is -2.50. The summed E-state index contributed by atoms with van der Waals surface area (Å²) in [5.74, 6) is -0.252. The fourth-order valence-corrected chi connectivity index (χ4v) is 5.39. The third-order valence-electron chi connectivity index (χ3n) is 6.57. The highest BCUT2D eigenvalue weighted by molar-refractivity contribution is 7.16. The molecule has 3 aromatic heterocycles. The number of aromatic nitrogens is 3. The number of carbonyl (C=O) groups is 2. The Morgan fingerprint density at radius 2 is 1.85 bits per heavy atom. The highest BCUT2D eigenvalue weighted by Gasteiger charge is 2.36. The van der Waals surface area contributed by atoms with Gasteiger partial charge in [-0.2, -0.15) is 0 Å². The molecule has 0 bridgehead atoms. The van der Waals surface area contributed by atoms with Crippen molar-refractivity contribution >= 4 is 61.4 Å². The molecular weight excluding hydrogens is 436 g/mol. The van der Waals surface area contributed by atoms with E-state index in [1.54, 1.807) is 17.5 Å². The first-order valence-corrected chi connectivity index (χ1v) is 11.8. The van der Waals surface area contributed by atoms with Gasteiger partial charge in [0.15, 0.2) is 0 Å². The van der Waals surface area contributed by atoms with Crippen molar-refractivity contribution in [3.05, 3.63) is 53.2 Å². The maximum Gasteiger partial charge on any atom is 0.261 e. The Morgan fingerprint density at radius 3 is 2.70 bits per heavy atom. The minimum absolute atomic E-state index is 0.300. The minimum Gasteiger partial charge on any atom is -0.352 e. The molecule has 0 saturated carbocycles. The summed E-state index contributed by atoms with van der Waals surface area (Å²) in [7, 11) is 2.11. The van der Waals surface area contributed by atoms with Gasteiger partial charge in [-0.05, 0) is 31.5 Å². The molecule has 0 radical (unpaired) electrons. The number of H-pyrrole nitrogens is 1. The summed E-state index contributed by atoms with van der Waals surface area (Å²) in [4.78, 5) is 44.4. The zero-order chi connectivity index (χ0) is 22.7. The van der Waals surface area contributed by atoms with Gasteiger partial charge in [-0.3, -0.25) is 14.9 Å². The van der Waals surface area contributed by atoms with E-state index in [1.165, 1.54) is 0 Å². The first kappa shape index (κ1) is 20.1. The highest BCUT2D eigenvalue weighted by Crippen LogP contribution is 2.38. The highest BCUT2D eigenvalue weighted by atomic mass is 32.1. The molecule has 1 saturated heterocycles. The molecule has 33 heavy (non-hydrogen) atoms. The average molecular weight is 459 g/mol. The summed E-state index contributed by atoms with van der Waals surface area (Å²) in [6.07, 6.45) is 1.79. The Kier molecular flexibility index (Phi) is 4.56. The van der Waals surface area contributed by atoms with Gasteiger partial charge in [0, 0.05) is 48.2 Å². The van der Waals surface area contributed by atoms with Gasteiger partial charge < -0.3 is 14.8 Å². The van der Waals surface area contributed by atoms with Gasteiger partial charge in [-0.1, -0.05) is 18.2 Å². The van der Waals surface area contributed by atoms with Crippen LogP contribution in [0, 0.1) is 0 Å². The van der Waals surface area contributed by atoms with E-state index in [0.29, 0.717) is 34.4 Å². The second kappa shape index (κ2) is 7.50. The zero-order valence-corrected chi connectivity index (χ0v) is 19.1. The van der Waals surface area contributed by atoms with Gasteiger partial charge in [0.05, 0.1) is 22.4 Å². The summed E-state index contributed by atoms with van der Waals surface area (Å²) < 4.78 is 0. The summed E-state index contributed by atoms with van der Waals surface area (Å²) >= 11 is 1.56. The number of imide groups is 1. The van der Waals surface area contributed by atoms with E-state index in [4.69, 9.17) is 9.97 Å². The molecule has 2 aliphatic heterocycles. The number of likely N-dealkylation sites (N-methyl/N-ethyl adjacent to an activating group) is 1. The van der Waals surface area contributed by atoms with Crippen molar-refractivity contribution in [2.45, 2.75) is 13.0 Å². The predicted octanol–water partition coefficient (Wildman–Crippen LogP) is 2.88. The van der Waals surface area contributed by atoms with Crippen LogP contribution < -0.4 is 10.2 Å². The van der Waals surface area contributed by atoms with Crippen LogP contribution in [-0.2, 0) is 9.59 Å². The molecule has 2 amide bonds. The summed E-state index contributed by atoms with van der Waals surface area (Å²) in [6, 6.07) is 9.96. The van der Waals surface area contributed by atoms with E-state index in [1.807, 2.05) is 35.7 Å². The van der Waals surface area contributed by atoms with Crippen LogP contribution in [0.4, 0.5) is 5.95 Å². The standard InChI is InChI=1S/C24H22N6O2S/c1-13-12-30(9-8-29(13)2)24-26-17-6-4-3-5-15(17)20(27-24)19-18(21(31)28-22(19)32)16-11-25-23-14(16)7-10-33-23/h3-7,10-11,13,25H,8-9,12H2,1-2H3,(H,28,31,32). The molecule has 6 rings (SSSR count). The van der Waals surface area contributed by atoms with Gasteiger partial charge in [0.25, 0.3) is 11.8 Å². The Hall–Kier alpha value is -3.56. The number of hydrogen-bond donors (Lipinski definition) is 2. The molecule has 1 unspecified atom stereocenters. The van der Waals surface area contributed by atoms with Crippen LogP contribution in [0.25, 0.3) is 32.3 Å². The van der Waals surface area contributed by atoms with Crippen molar-refractivity contribution in [2.75, 3.05) is 31.6 Å². The first-order valence-electron chi connectivity index (χ1n) is 10.9. The molecule has 4 aromatic rings. The lowest BCUT2D eigenvalue weighted by atomic mass is 9.97. The van der Waals surface area contributed by atoms with Gasteiger partial charge in [-0.15, -0.1) is 11.3 Å². The number of amides is 2. The van der Waals surface area contributed by atoms with Crippen LogP contribution in [-0.4, -0.2) is 64.4 Å². The van der Waals surface area contributed by atoms with E-state index in [-0.39, 0.29) is 0 Å². The number of thiophene rings is 1. The number of hydrogen-bond acceptors (Lipinski definition) is 7. The average Bonchev–Trinajstić information content (AvgIpc) is 3.49. The molecular formula is C24H22N6O2S. The van der Waals surface area contributed by atoms with Crippen molar-refractivity contribution < 1.29 is 9.59 Å². The number of carbonyl (C=O) groups excluding carboxylic acids is 2. The number of nitrogens with zero attached hydrogens (tertiary/aromatic N) is 4. The molecule has 2 N–H and O–H groups in total. The molecule has 8 nitrogen and oxygen atoms in total. The van der Waals surface area contributed by atoms with Crippen molar-refractivity contribution in [1.29, 1.82) is 0 Å². The smallest absolute Gasteiger partial charge is 0.261 e. The van der Waals surface area contributed by atoms with Gasteiger partial charge in [0.1, 0.15) is 4.83 Å². The molecule has 2 aliphatic rings. The van der Waals surface area contributed by atoms with E-state index in [0.717, 1.165) is 40.8 Å². The van der Waals surface area contributed by atoms with Crippen LogP contribution in [0.1, 0.15) is 18.2 Å². The number of piperazine rings is 1. The lowest BCUT2D eigenvalue weighted by molar-refractivity contribution is -0.122. The molecule has 166 valence electrons. The van der Waals surface area contributed by atoms with Gasteiger partial charge >= 0.3 is 0 Å². The van der Waals surface area contributed by atoms with E-state index >= 15 is 0 Å². The number of para-hydroxylation sites is 1. The molecule has 9 heteroatoms. The Bertz CT molecular complexity index is 1470. The predicted molar refractivity (Wildman–Crippen MR) is 130 cm³/mol. The van der Waals surface area contributed by atoms with Crippen LogP contribution in [0.15, 0.2) is 41.9 Å². The van der Waals surface area contributed by atoms with E-state index in [2.05, 4.69) is 34.1 Å². The molecule has 1 fully saturated rings. The molecule has 0 aliphatic carbocycles. The normalized spacial score (nSPS) is 19.8. The summed E-state index contributed by atoms with van der Waals surface area (Å²) in [5, 5.41) is 6.13. The topological polar surface area (TPSA) is 94.2 Å². The number of aromatic amines is 1. The maximum atomic E-state index is 13.1. The van der Waals surface area contributed by atoms with Crippen LogP contribution >= 0.6 is 11.3 Å². The van der Waals surface area contributed by atoms with E-state index < -0.39 is 11.8 Å². The molecule has 1 atom stereocenters. The number of benzene rings is 1. The quantitative estimate of drug-likeness (QED) is 0.459. The van der Waals surface area contributed by atoms with Crippen LogP contribution in [0.2, 0.25) is 0 Å². The minimum atomic E-state index is -0.430. The van der Waals surface area contributed by atoms with Crippen molar-refractivity contribution in [3.63, 3.8) is 0 Å². The number of fused-ring (bicyclic) bond motifs is 2. The van der Waals surface area contributed by atoms with Crippen molar-refractivity contribution in [2.24, 2.45) is 0 Å². The number of nitrogens with one attached hydrogen (secondary N) is 2. The fraction of sp³-hybridized carbons (Fsp3) is 0.250. The maximum absolute atomic E-state index is 13.1. The summed E-state index contributed by atoms with van der Waals surface area (Å²) in [6.45, 7) is 4.66. The van der Waals surface area contributed by atoms with Gasteiger partial charge in [0.2, 0.25) is 5.95 Å². The molecule has 0 spiro atoms. The SMILES string of the molecule is CC1CN(c2nc(C3=C(c4c[nH]c5sccc45)C(=O)NC3=O)c3ccccc3n2)CCN1C. The monoisotopic (exact) mass is 458 g/mol. The Labute approximate surface area is 193 Å². The van der Waals surface area contributed by atoms with Crippen LogP contribution in [0.5, 0.6) is 0 Å². The lowest BCUT2D eigenvalue weighted by Gasteiger charge is -2.37. The second-order valence-electron chi connectivity index (χ2n) is 8.56. The van der Waals surface area contributed by atoms with Gasteiger partial charge in [-0.25, -0.2) is 9.97 Å². The van der Waals surface area contributed by atoms with Crippen molar-refractivity contribution in [3.8, 4) is 0 Å². The Morgan fingerprint density at radius 1 is 1.03 bits per heavy atom. The molecule has 1 aromatic carbocycles. The number of anilines is 1. The van der Waals surface area contributed by atoms with Crippen molar-refractivity contribution in [1.82, 2.24) is 25.2 Å². The summed E-state index contributed by atoms with van der Waals surface area (Å²) in [5.41, 5.74) is 2.60. The molecule has 5 heterocycles. The zero-order valence-electron chi connectivity index (χ0n) is 18.3. The first-order chi connectivity index (χ1) is 16.0. The third kappa shape index (κ3) is 3.15. The van der Waals surface area contributed by atoms with Crippen LogP contribution in [0.3, 0.4) is 0 Å². The largest absolute Gasteiger partial charge is 0.352 e. The Balaban J connectivity index is 1.59. The third-order valence-corrected chi connectivity index (χ3v) is 7.42.